The van der Waals surface area contributed by atoms with Crippen LogP contribution in [0.15, 0.2) is 18.2 Å². The van der Waals surface area contributed by atoms with E-state index in [4.69, 9.17) is 4.74 Å². The van der Waals surface area contributed by atoms with Gasteiger partial charge in [-0.1, -0.05) is 0 Å². The van der Waals surface area contributed by atoms with Gasteiger partial charge in [-0.15, -0.1) is 0 Å². The van der Waals surface area contributed by atoms with Gasteiger partial charge in [0.25, 0.3) is 11.8 Å². The summed E-state index contributed by atoms with van der Waals surface area (Å²) in [6, 6.07) is 3.85. The van der Waals surface area contributed by atoms with Gasteiger partial charge in [-0.05, 0) is 24.6 Å². The van der Waals surface area contributed by atoms with Crippen LogP contribution in [-0.4, -0.2) is 78.8 Å². The van der Waals surface area contributed by atoms with Crippen LogP contribution in [0.3, 0.4) is 0 Å². The van der Waals surface area contributed by atoms with Gasteiger partial charge >= 0.3 is 0 Å². The van der Waals surface area contributed by atoms with Gasteiger partial charge < -0.3 is 10.1 Å². The fraction of sp³-hybridized carbons (Fsp3) is 0.500. The molecule has 1 atom stereocenters. The van der Waals surface area contributed by atoms with Gasteiger partial charge in [0.05, 0.1) is 11.1 Å². The highest BCUT2D eigenvalue weighted by atomic mass is 16.5. The van der Waals surface area contributed by atoms with Crippen molar-refractivity contribution >= 4 is 23.6 Å². The Morgan fingerprint density at radius 1 is 1.07 bits per heavy atom. The molecule has 5 rings (SSSR count). The van der Waals surface area contributed by atoms with E-state index in [1.165, 1.54) is 0 Å². The van der Waals surface area contributed by atoms with Gasteiger partial charge in [-0.2, -0.15) is 0 Å². The Morgan fingerprint density at radius 2 is 1.83 bits per heavy atom. The maximum Gasteiger partial charge on any atom is 0.262 e. The van der Waals surface area contributed by atoms with E-state index in [1.54, 1.807) is 18.2 Å². The molecule has 0 aromatic heterocycles. The van der Waals surface area contributed by atoms with E-state index in [-0.39, 0.29) is 29.9 Å². The van der Waals surface area contributed by atoms with E-state index in [9.17, 15) is 19.2 Å². The van der Waals surface area contributed by atoms with Crippen molar-refractivity contribution in [1.29, 1.82) is 0 Å². The zero-order chi connectivity index (χ0) is 20.2. The molecule has 29 heavy (non-hydrogen) atoms. The second kappa shape index (κ2) is 6.64. The Bertz CT molecular complexity index is 917. The zero-order valence-corrected chi connectivity index (χ0v) is 15.9. The van der Waals surface area contributed by atoms with Gasteiger partial charge in [0.15, 0.2) is 0 Å². The molecule has 0 saturated carbocycles. The second-order valence-electron chi connectivity index (χ2n) is 8.32. The Morgan fingerprint density at radius 3 is 2.52 bits per heavy atom. The summed E-state index contributed by atoms with van der Waals surface area (Å²) in [7, 11) is 0. The van der Waals surface area contributed by atoms with Crippen molar-refractivity contribution in [2.45, 2.75) is 18.9 Å². The van der Waals surface area contributed by atoms with Crippen LogP contribution >= 0.6 is 0 Å². The topological polar surface area (TPSA) is 108 Å². The first-order valence-electron chi connectivity index (χ1n) is 9.87. The smallest absolute Gasteiger partial charge is 0.262 e. The first-order valence-corrected chi connectivity index (χ1v) is 9.87. The molecule has 2 N–H and O–H groups in total. The minimum atomic E-state index is -0.954. The van der Waals surface area contributed by atoms with Crippen LogP contribution in [0.4, 0.5) is 0 Å². The number of hydrogen-bond donors (Lipinski definition) is 2. The van der Waals surface area contributed by atoms with E-state index >= 15 is 0 Å². The maximum atomic E-state index is 12.8. The van der Waals surface area contributed by atoms with Crippen molar-refractivity contribution in [3.05, 3.63) is 29.3 Å². The number of nitrogens with one attached hydrogen (secondary N) is 2. The lowest BCUT2D eigenvalue weighted by atomic mass is 9.74. The molecule has 1 aromatic rings. The third kappa shape index (κ3) is 3.01. The molecular formula is C20H22N4O5. The molecule has 0 aliphatic carbocycles. The zero-order valence-electron chi connectivity index (χ0n) is 15.9. The molecule has 1 aromatic carbocycles. The average Bonchev–Trinajstić information content (AvgIpc) is 2.86. The first kappa shape index (κ1) is 18.3. The van der Waals surface area contributed by atoms with Crippen molar-refractivity contribution in [1.82, 2.24) is 20.4 Å². The highest BCUT2D eigenvalue weighted by molar-refractivity contribution is 6.23. The number of ether oxygens (including phenoxy) is 1. The molecule has 152 valence electrons. The van der Waals surface area contributed by atoms with Crippen molar-refractivity contribution < 1.29 is 23.9 Å². The molecule has 3 saturated heterocycles. The van der Waals surface area contributed by atoms with Gasteiger partial charge in [-0.25, -0.2) is 0 Å². The average molecular weight is 398 g/mol. The molecule has 4 heterocycles. The molecule has 3 fully saturated rings. The van der Waals surface area contributed by atoms with Gasteiger partial charge in [0.2, 0.25) is 11.8 Å². The summed E-state index contributed by atoms with van der Waals surface area (Å²) in [6.07, 6.45) is 0.248. The summed E-state index contributed by atoms with van der Waals surface area (Å²) < 4.78 is 5.79. The second-order valence-corrected chi connectivity index (χ2v) is 8.32. The third-order valence-electron chi connectivity index (χ3n) is 6.21. The number of hydrogen-bond acceptors (Lipinski definition) is 7. The Balaban J connectivity index is 1.22. The predicted octanol–water partition coefficient (Wildman–Crippen LogP) is -0.628. The fourth-order valence-corrected chi connectivity index (χ4v) is 4.60. The Labute approximate surface area is 167 Å². The third-order valence-corrected chi connectivity index (χ3v) is 6.21. The van der Waals surface area contributed by atoms with Gasteiger partial charge in [0, 0.05) is 44.6 Å². The molecule has 9 nitrogen and oxygen atoms in total. The van der Waals surface area contributed by atoms with Crippen LogP contribution in [0.5, 0.6) is 5.75 Å². The Hall–Kier alpha value is -2.78. The molecule has 0 bridgehead atoms. The number of benzene rings is 1. The SMILES string of the molecule is O=C1CCC(N2C(=O)c3ccc(OCCN4CC5(CNC5)C4)cc3C2=O)C(=O)N1. The van der Waals surface area contributed by atoms with Crippen LogP contribution in [0.2, 0.25) is 0 Å². The number of amides is 4. The normalized spacial score (nSPS) is 25.5. The molecule has 4 aliphatic heterocycles. The van der Waals surface area contributed by atoms with Gasteiger partial charge in [-0.3, -0.25) is 34.3 Å². The number of carbonyl (C=O) groups is 4. The lowest BCUT2D eigenvalue weighted by molar-refractivity contribution is -0.136. The maximum absolute atomic E-state index is 12.8. The van der Waals surface area contributed by atoms with Crippen LogP contribution in [0.1, 0.15) is 33.6 Å². The number of nitrogens with zero attached hydrogens (tertiary/aromatic N) is 2. The molecular weight excluding hydrogens is 376 g/mol. The largest absolute Gasteiger partial charge is 0.492 e. The number of piperidine rings is 1. The number of likely N-dealkylation sites (tertiary alicyclic amines) is 1. The van der Waals surface area contributed by atoms with E-state index in [2.05, 4.69) is 15.5 Å². The summed E-state index contributed by atoms with van der Waals surface area (Å²) in [4.78, 5) is 52.2. The predicted molar refractivity (Wildman–Crippen MR) is 100 cm³/mol. The minimum Gasteiger partial charge on any atom is -0.492 e. The lowest BCUT2D eigenvalue weighted by Gasteiger charge is -2.56. The van der Waals surface area contributed by atoms with Crippen molar-refractivity contribution in [2.24, 2.45) is 5.41 Å². The minimum absolute atomic E-state index is 0.103. The summed E-state index contributed by atoms with van der Waals surface area (Å²) >= 11 is 0. The number of fused-ring (bicyclic) bond motifs is 1. The first-order chi connectivity index (χ1) is 14.0. The van der Waals surface area contributed by atoms with E-state index in [0.29, 0.717) is 17.8 Å². The Kier molecular flexibility index (Phi) is 4.18. The molecule has 9 heteroatoms. The van der Waals surface area contributed by atoms with Crippen molar-refractivity contribution in [3.8, 4) is 5.75 Å². The summed E-state index contributed by atoms with van der Waals surface area (Å²) in [6.45, 7) is 5.67. The molecule has 4 amide bonds. The molecule has 4 aliphatic rings. The van der Waals surface area contributed by atoms with E-state index < -0.39 is 23.8 Å². The van der Waals surface area contributed by atoms with E-state index in [1.807, 2.05) is 0 Å². The summed E-state index contributed by atoms with van der Waals surface area (Å²) in [5.74, 6) is -1.50. The molecule has 1 spiro atoms. The summed E-state index contributed by atoms with van der Waals surface area (Å²) in [5.41, 5.74) is 0.967. The highest BCUT2D eigenvalue weighted by Crippen LogP contribution is 2.34. The quantitative estimate of drug-likeness (QED) is 0.636. The lowest BCUT2D eigenvalue weighted by Crippen LogP contribution is -2.71. The molecule has 1 unspecified atom stereocenters. The monoisotopic (exact) mass is 398 g/mol. The standard InChI is InChI=1S/C20H22N4O5/c25-16-4-3-15(17(26)22-16)24-18(27)13-2-1-12(7-14(13)19(24)28)29-6-5-23-10-20(11-23)8-21-9-20/h1-2,7,15,21H,3-6,8-11H2,(H,22,25,26). The van der Waals surface area contributed by atoms with Crippen LogP contribution < -0.4 is 15.4 Å². The van der Waals surface area contributed by atoms with Gasteiger partial charge in [0.1, 0.15) is 18.4 Å². The fourth-order valence-electron chi connectivity index (χ4n) is 4.60. The van der Waals surface area contributed by atoms with Crippen molar-refractivity contribution in [3.63, 3.8) is 0 Å². The summed E-state index contributed by atoms with van der Waals surface area (Å²) in [5, 5.41) is 5.50. The highest BCUT2D eigenvalue weighted by Gasteiger charge is 2.47. The number of rotatable bonds is 5. The van der Waals surface area contributed by atoms with Crippen molar-refractivity contribution in [2.75, 3.05) is 39.3 Å². The van der Waals surface area contributed by atoms with Crippen LogP contribution in [0, 0.1) is 5.41 Å². The van der Waals surface area contributed by atoms with Crippen LogP contribution in [0.25, 0.3) is 0 Å². The van der Waals surface area contributed by atoms with E-state index in [0.717, 1.165) is 37.6 Å². The number of imide groups is 2. The number of carbonyl (C=O) groups excluding carboxylic acids is 4. The van der Waals surface area contributed by atoms with Crippen LogP contribution in [-0.2, 0) is 9.59 Å². The molecule has 0 radical (unpaired) electrons.